The molecule has 7 aliphatic rings. The highest BCUT2D eigenvalue weighted by molar-refractivity contribution is 5.88. The Kier molecular flexibility index (Phi) is 4.63. The van der Waals surface area contributed by atoms with Crippen molar-refractivity contribution in [1.29, 1.82) is 0 Å². The number of rotatable bonds is 4. The Bertz CT molecular complexity index is 508. The molecule has 0 aromatic carbocycles. The summed E-state index contributed by atoms with van der Waals surface area (Å²) in [5, 5.41) is 0. The van der Waals surface area contributed by atoms with Gasteiger partial charge in [0.15, 0.2) is 11.6 Å². The summed E-state index contributed by atoms with van der Waals surface area (Å²) < 4.78 is 0. The van der Waals surface area contributed by atoms with Crippen LogP contribution in [0, 0.1) is 11.8 Å². The van der Waals surface area contributed by atoms with Crippen molar-refractivity contribution in [3.05, 3.63) is 0 Å². The van der Waals surface area contributed by atoms with Gasteiger partial charge in [0.25, 0.3) is 0 Å². The number of carbonyl (C=O) groups is 2. The first-order valence-electron chi connectivity index (χ1n) is 10.7. The predicted octanol–water partition coefficient (Wildman–Crippen LogP) is -0.0694. The zero-order valence-electron chi connectivity index (χ0n) is 15.8. The highest BCUT2D eigenvalue weighted by Gasteiger charge is 2.43. The fraction of sp³-hybridized carbons (Fsp3) is 0.900. The van der Waals surface area contributed by atoms with E-state index in [1.165, 1.54) is 0 Å². The molecule has 0 aromatic rings. The Balaban J connectivity index is 1.12. The lowest BCUT2D eigenvalue weighted by atomic mass is 9.81. The van der Waals surface area contributed by atoms with E-state index in [9.17, 15) is 9.59 Å². The normalized spacial score (nSPS) is 44.0. The predicted molar refractivity (Wildman–Crippen MR) is 99.1 cm³/mol. The van der Waals surface area contributed by atoms with Gasteiger partial charge < -0.3 is 0 Å². The Hall–Kier alpha value is -0.820. The average molecular weight is 361 g/mol. The maximum Gasteiger partial charge on any atom is 0.154 e. The van der Waals surface area contributed by atoms with Crippen molar-refractivity contribution in [2.75, 3.05) is 65.4 Å². The first-order chi connectivity index (χ1) is 12.7. The lowest BCUT2D eigenvalue weighted by Gasteiger charge is -2.48. The second-order valence-electron chi connectivity index (χ2n) is 9.06. The fourth-order valence-electron chi connectivity index (χ4n) is 5.95. The van der Waals surface area contributed by atoms with Crippen molar-refractivity contribution in [2.45, 2.75) is 37.8 Å². The van der Waals surface area contributed by atoms with Gasteiger partial charge in [-0.25, -0.2) is 0 Å². The number of carbonyl (C=O) groups excluding carboxylic acids is 2. The first kappa shape index (κ1) is 17.3. The van der Waals surface area contributed by atoms with Crippen LogP contribution >= 0.6 is 0 Å². The molecule has 0 aliphatic carbocycles. The molecule has 0 radical (unpaired) electrons. The van der Waals surface area contributed by atoms with E-state index >= 15 is 0 Å². The van der Waals surface area contributed by atoms with Crippen LogP contribution in [0.4, 0.5) is 0 Å². The molecule has 7 fully saturated rings. The van der Waals surface area contributed by atoms with E-state index in [-0.39, 0.29) is 12.1 Å². The summed E-state index contributed by atoms with van der Waals surface area (Å²) in [6.07, 6.45) is 4.32. The molecule has 0 spiro atoms. The quantitative estimate of drug-likeness (QED) is 0.700. The average Bonchev–Trinajstić information content (AvgIpc) is 2.69. The third kappa shape index (κ3) is 3.05. The standard InChI is InChI=1S/C20H32N4O2/c25-19-15-1-5-23(6-2-15)17(19)13-21-9-11-22(12-10-21)14-18-20(26)16-3-7-24(18)8-4-16/h15-18H,1-14H2/t17-,18-/m1/s1. The van der Waals surface area contributed by atoms with Gasteiger partial charge >= 0.3 is 0 Å². The van der Waals surface area contributed by atoms with Gasteiger partial charge in [-0.2, -0.15) is 0 Å². The summed E-state index contributed by atoms with van der Waals surface area (Å²) in [5.41, 5.74) is 0. The smallest absolute Gasteiger partial charge is 0.154 e. The minimum Gasteiger partial charge on any atom is -0.299 e. The molecule has 0 N–H and O–H groups in total. The van der Waals surface area contributed by atoms with Gasteiger partial charge in [-0.3, -0.25) is 29.2 Å². The Morgan fingerprint density at radius 2 is 0.923 bits per heavy atom. The van der Waals surface area contributed by atoms with E-state index in [4.69, 9.17) is 0 Å². The summed E-state index contributed by atoms with van der Waals surface area (Å²) >= 11 is 0. The maximum atomic E-state index is 12.6. The van der Waals surface area contributed by atoms with E-state index < -0.39 is 0 Å². The van der Waals surface area contributed by atoms with Crippen LogP contribution in [0.25, 0.3) is 0 Å². The third-order valence-corrected chi connectivity index (χ3v) is 7.73. The minimum absolute atomic E-state index is 0.149. The van der Waals surface area contributed by atoms with E-state index in [1.807, 2.05) is 0 Å². The van der Waals surface area contributed by atoms with Crippen LogP contribution in [0.5, 0.6) is 0 Å². The second-order valence-corrected chi connectivity index (χ2v) is 9.06. The van der Waals surface area contributed by atoms with Gasteiger partial charge in [0.05, 0.1) is 12.1 Å². The lowest BCUT2D eigenvalue weighted by Crippen LogP contribution is -2.62. The largest absolute Gasteiger partial charge is 0.299 e. The lowest BCUT2D eigenvalue weighted by molar-refractivity contribution is -0.139. The minimum atomic E-state index is 0.149. The van der Waals surface area contributed by atoms with Crippen LogP contribution in [0.3, 0.4) is 0 Å². The van der Waals surface area contributed by atoms with Crippen LogP contribution in [-0.4, -0.2) is 109 Å². The maximum absolute atomic E-state index is 12.6. The second kappa shape index (κ2) is 6.97. The third-order valence-electron chi connectivity index (χ3n) is 7.73. The zero-order valence-corrected chi connectivity index (χ0v) is 15.8. The number of ketones is 2. The summed E-state index contributed by atoms with van der Waals surface area (Å²) in [5.74, 6) is 1.68. The molecule has 4 bridgehead atoms. The molecule has 0 unspecified atom stereocenters. The van der Waals surface area contributed by atoms with E-state index in [2.05, 4.69) is 19.6 Å². The molecule has 6 heteroatoms. The van der Waals surface area contributed by atoms with Crippen LogP contribution in [0.15, 0.2) is 0 Å². The van der Waals surface area contributed by atoms with Gasteiger partial charge in [0.2, 0.25) is 0 Å². The number of piperazine rings is 1. The molecule has 6 nitrogen and oxygen atoms in total. The monoisotopic (exact) mass is 360 g/mol. The highest BCUT2D eigenvalue weighted by atomic mass is 16.1. The number of hydrogen-bond acceptors (Lipinski definition) is 6. The van der Waals surface area contributed by atoms with Crippen molar-refractivity contribution in [3.8, 4) is 0 Å². The van der Waals surface area contributed by atoms with E-state index in [0.717, 1.165) is 91.1 Å². The number of fused-ring (bicyclic) bond motifs is 6. The molecule has 7 heterocycles. The summed E-state index contributed by atoms with van der Waals surface area (Å²) in [6, 6.07) is 0.298. The van der Waals surface area contributed by atoms with Crippen LogP contribution < -0.4 is 0 Å². The zero-order chi connectivity index (χ0) is 17.7. The van der Waals surface area contributed by atoms with Crippen molar-refractivity contribution < 1.29 is 9.59 Å². The summed E-state index contributed by atoms with van der Waals surface area (Å²) in [6.45, 7) is 10.4. The SMILES string of the molecule is O=C1C2CCN(CC2)[C@@H]1CN1CCN(C[C@@H]2C(=O)C3CCN2CC3)CC1. The molecular formula is C20H32N4O2. The van der Waals surface area contributed by atoms with Gasteiger partial charge in [0.1, 0.15) is 0 Å². The molecule has 0 amide bonds. The van der Waals surface area contributed by atoms with Crippen molar-refractivity contribution >= 4 is 11.6 Å². The number of hydrogen-bond donors (Lipinski definition) is 0. The molecule has 7 saturated heterocycles. The molecule has 0 aromatic heterocycles. The van der Waals surface area contributed by atoms with Gasteiger partial charge in [-0.05, 0) is 51.9 Å². The molecule has 26 heavy (non-hydrogen) atoms. The van der Waals surface area contributed by atoms with Crippen LogP contribution in [0.1, 0.15) is 25.7 Å². The van der Waals surface area contributed by atoms with E-state index in [0.29, 0.717) is 23.4 Å². The number of piperidine rings is 6. The van der Waals surface area contributed by atoms with Crippen molar-refractivity contribution in [1.82, 2.24) is 19.6 Å². The van der Waals surface area contributed by atoms with Gasteiger partial charge in [-0.15, -0.1) is 0 Å². The van der Waals surface area contributed by atoms with Crippen LogP contribution in [0.2, 0.25) is 0 Å². The molecule has 7 aliphatic heterocycles. The molecule has 2 atom stereocenters. The number of Topliss-reactive ketones (excluding diaryl/α,β-unsaturated/α-hetero) is 2. The van der Waals surface area contributed by atoms with Crippen LogP contribution in [-0.2, 0) is 9.59 Å². The fourth-order valence-corrected chi connectivity index (χ4v) is 5.95. The summed E-state index contributed by atoms with van der Waals surface area (Å²) in [7, 11) is 0. The highest BCUT2D eigenvalue weighted by Crippen LogP contribution is 2.31. The van der Waals surface area contributed by atoms with Gasteiger partial charge in [0, 0.05) is 51.1 Å². The first-order valence-corrected chi connectivity index (χ1v) is 10.7. The van der Waals surface area contributed by atoms with E-state index in [1.54, 1.807) is 0 Å². The van der Waals surface area contributed by atoms with Crippen molar-refractivity contribution in [2.24, 2.45) is 11.8 Å². The molecule has 0 saturated carbocycles. The molecular weight excluding hydrogens is 328 g/mol. The molecule has 144 valence electrons. The number of nitrogens with zero attached hydrogens (tertiary/aromatic N) is 4. The topological polar surface area (TPSA) is 47.1 Å². The Labute approximate surface area is 156 Å². The summed E-state index contributed by atoms with van der Waals surface area (Å²) in [4.78, 5) is 34.9. The molecule has 7 rings (SSSR count). The Morgan fingerprint density at radius 1 is 0.577 bits per heavy atom. The van der Waals surface area contributed by atoms with Crippen molar-refractivity contribution in [3.63, 3.8) is 0 Å². The Morgan fingerprint density at radius 3 is 1.23 bits per heavy atom. The van der Waals surface area contributed by atoms with Gasteiger partial charge in [-0.1, -0.05) is 0 Å².